The van der Waals surface area contributed by atoms with E-state index in [1.165, 1.54) is 48.7 Å². The number of rotatable bonds is 40. The van der Waals surface area contributed by atoms with Crippen LogP contribution in [0.4, 0.5) is 0 Å². The van der Waals surface area contributed by atoms with Gasteiger partial charge in [0.2, 0.25) is 0 Å². The van der Waals surface area contributed by atoms with Gasteiger partial charge in [-0.3, -0.25) is 19.2 Å². The van der Waals surface area contributed by atoms with Crippen LogP contribution in [0, 0.1) is 0 Å². The molecule has 6 aromatic carbocycles. The van der Waals surface area contributed by atoms with Crippen molar-refractivity contribution in [1.82, 2.24) is 0 Å². The topological polar surface area (TPSA) is 216 Å². The highest BCUT2D eigenvalue weighted by atomic mass is 33.1. The van der Waals surface area contributed by atoms with Gasteiger partial charge in [-0.1, -0.05) is 309 Å². The summed E-state index contributed by atoms with van der Waals surface area (Å²) < 4.78 is 51.7. The minimum Gasteiger partial charge on any atom is -0.491 e. The van der Waals surface area contributed by atoms with Gasteiger partial charge < -0.3 is 57.4 Å². The lowest BCUT2D eigenvalue weighted by molar-refractivity contribution is -0.217. The Labute approximate surface area is 867 Å². The largest absolute Gasteiger partial charge is 0.491 e. The number of hydrogen-bond acceptors (Lipinski definition) is 28. The van der Waals surface area contributed by atoms with Gasteiger partial charge in [-0.2, -0.15) is 19.6 Å². The SMILES string of the molecule is CC(C)(C)c1cc2c3c(c1)Cc1cc(C(C)(C)C)cc(c1OOCCOC(=O)CCCCC1CCSS1)Cc1cc(C(C)(C)C)cc(c1OOCCOC(=O)CCCCC1CCSS1)Cc1cc(C(C)(C)C)cc(c1OCCOCCOCCO3)Cc1cc(C(C)(C)C)cc(c1OOCCOC(=O)CCCCC1CCSS1)Cc1cc(C(C)(C)C)cc(c1OOCCOC(=O)CCCCC1CCSS1)C2. The summed E-state index contributed by atoms with van der Waals surface area (Å²) in [4.78, 5) is 108. The number of hydrogen-bond donors (Lipinski definition) is 0. The van der Waals surface area contributed by atoms with E-state index in [0.29, 0.717) is 81.2 Å². The number of fused-ring (bicyclic) bond motifs is 17. The van der Waals surface area contributed by atoms with Gasteiger partial charge in [0.1, 0.15) is 77.6 Å². The zero-order chi connectivity index (χ0) is 100. The minimum absolute atomic E-state index is 0.0413. The van der Waals surface area contributed by atoms with E-state index in [4.69, 9.17) is 77.0 Å². The second-order valence-electron chi connectivity index (χ2n) is 44.0. The molecule has 6 aliphatic rings. The Hall–Kier alpha value is -5.44. The zero-order valence-electron chi connectivity index (χ0n) is 86.8. The standard InChI is InChI=1S/C112H158O20S8/c1-107(2,3)87-63-75-57-79-67-89(109(7,8)9)71-83(103(79)129-125-49-45-119-97(113)31-23-19-27-93-35-53-133-137-93)61-85-73-91(111(13,14)15)69-81(105(85)131-127-51-47-121-99(115)33-25-21-29-95-37-55-135-139-95)59-77-65-88(108(4,5)6)66-78-60-82-70-92(112(16,17)18)74-86(106(82)132-128-52-48-122-100(116)34-26-22-30-96-38-56-136-140-96)62-84-72-90(110(10,11)12)68-80(58-76(64-87)101(75)123-43-41-117-39-40-118-42-44-124-102(77)78)104(84)130-126-50-46-120-98(114)32-24-20-28-94-36-54-134-138-94/h63-74,93-96H,19-62H2,1-18H3. The first-order chi connectivity index (χ1) is 66.9. The van der Waals surface area contributed by atoms with Crippen LogP contribution in [0.1, 0.15) is 353 Å². The number of unbranched alkanes of at least 4 members (excludes halogenated alkanes) is 4. The van der Waals surface area contributed by atoms with E-state index in [9.17, 15) is 19.2 Å². The highest BCUT2D eigenvalue weighted by Crippen LogP contribution is 2.50. The molecule has 12 rings (SSSR count). The number of carbonyl (C=O) groups excluding carboxylic acids is 4. The summed E-state index contributed by atoms with van der Waals surface area (Å²) in [5.41, 5.74) is 13.2. The van der Waals surface area contributed by atoms with E-state index in [0.717, 1.165) is 177 Å². The molecule has 6 heterocycles. The molecule has 4 saturated heterocycles. The molecule has 6 aromatic rings. The van der Waals surface area contributed by atoms with Crippen molar-refractivity contribution in [2.45, 2.75) is 345 Å². The fourth-order valence-corrected chi connectivity index (χ4v) is 29.8. The lowest BCUT2D eigenvalue weighted by atomic mass is 9.79. The number of benzene rings is 6. The average Bonchev–Trinajstić information content (AvgIpc) is 0.787. The Morgan fingerprint density at radius 1 is 0.264 bits per heavy atom. The predicted molar refractivity (Wildman–Crippen MR) is 578 cm³/mol. The van der Waals surface area contributed by atoms with Crippen molar-refractivity contribution in [1.29, 1.82) is 0 Å². The van der Waals surface area contributed by atoms with Gasteiger partial charge in [-0.25, -0.2) is 0 Å². The molecular weight excluding hydrogens is 1920 g/mol. The van der Waals surface area contributed by atoms with Crippen LogP contribution in [-0.2, 0) is 138 Å². The first-order valence-electron chi connectivity index (χ1n) is 51.2. The third-order valence-electron chi connectivity index (χ3n) is 26.1. The second kappa shape index (κ2) is 55.0. The molecule has 28 heteroatoms. The molecule has 20 nitrogen and oxygen atoms in total. The third kappa shape index (κ3) is 36.3. The molecule has 140 heavy (non-hydrogen) atoms. The Balaban J connectivity index is 1.07. The van der Waals surface area contributed by atoms with Crippen molar-refractivity contribution < 1.29 is 96.2 Å². The maximum atomic E-state index is 13.6. The second-order valence-corrected chi connectivity index (χ2v) is 55.2. The average molecular weight is 2080 g/mol. The molecule has 4 fully saturated rings. The summed E-state index contributed by atoms with van der Waals surface area (Å²) >= 11 is 0. The van der Waals surface area contributed by atoms with E-state index in [-0.39, 0.29) is 155 Å². The summed E-state index contributed by atoms with van der Waals surface area (Å²) in [6, 6.07) is 26.9. The first-order valence-corrected chi connectivity index (χ1v) is 60.7. The van der Waals surface area contributed by atoms with Crippen LogP contribution in [-0.4, -0.2) is 160 Å². The molecule has 4 unspecified atom stereocenters. The fourth-order valence-electron chi connectivity index (χ4n) is 17.7. The summed E-state index contributed by atoms with van der Waals surface area (Å²) in [5.74, 6) is 6.63. The monoisotopic (exact) mass is 2080 g/mol. The van der Waals surface area contributed by atoms with Crippen molar-refractivity contribution in [3.8, 4) is 34.5 Å². The van der Waals surface area contributed by atoms with E-state index in [1.807, 2.05) is 86.4 Å². The molecule has 0 radical (unpaired) electrons. The Kier molecular flexibility index (Phi) is 44.5. The highest BCUT2D eigenvalue weighted by Gasteiger charge is 2.35. The Morgan fingerprint density at radius 3 is 0.650 bits per heavy atom. The van der Waals surface area contributed by atoms with Gasteiger partial charge in [-0.15, -0.1) is 0 Å². The number of esters is 4. The Bertz CT molecular complexity index is 4390. The van der Waals surface area contributed by atoms with Crippen LogP contribution in [0.15, 0.2) is 72.8 Å². The summed E-state index contributed by atoms with van der Waals surface area (Å²) in [7, 11) is 15.6. The van der Waals surface area contributed by atoms with Gasteiger partial charge in [-0.05, 0) is 165 Å². The van der Waals surface area contributed by atoms with Crippen molar-refractivity contribution in [2.75, 3.05) is 116 Å². The van der Waals surface area contributed by atoms with Crippen molar-refractivity contribution in [3.63, 3.8) is 0 Å². The molecule has 0 saturated carbocycles. The molecule has 0 spiro atoms. The summed E-state index contributed by atoms with van der Waals surface area (Å²) in [5, 5.41) is 2.48. The van der Waals surface area contributed by atoms with Crippen LogP contribution in [0.25, 0.3) is 0 Å². The van der Waals surface area contributed by atoms with E-state index >= 15 is 0 Å². The molecular formula is C112H158O20S8. The molecule has 0 N–H and O–H groups in total. The molecule has 6 aliphatic heterocycles. The fraction of sp³-hybridized carbons (Fsp3) is 0.643. The molecule has 0 aromatic heterocycles. The van der Waals surface area contributed by atoms with Gasteiger partial charge >= 0.3 is 23.9 Å². The van der Waals surface area contributed by atoms with E-state index < -0.39 is 32.5 Å². The zero-order valence-corrected chi connectivity index (χ0v) is 93.3. The molecule has 774 valence electrons. The molecule has 10 bridgehead atoms. The third-order valence-corrected chi connectivity index (χ3v) is 38.1. The van der Waals surface area contributed by atoms with Gasteiger partial charge in [0, 0.05) is 153 Å². The lowest BCUT2D eigenvalue weighted by Crippen LogP contribution is -2.19. The van der Waals surface area contributed by atoms with Crippen molar-refractivity contribution in [3.05, 3.63) is 173 Å². The summed E-state index contributed by atoms with van der Waals surface area (Å²) in [6.07, 6.45) is 18.6. The van der Waals surface area contributed by atoms with Crippen LogP contribution in [0.5, 0.6) is 34.5 Å². The van der Waals surface area contributed by atoms with Crippen LogP contribution in [0.2, 0.25) is 0 Å². The van der Waals surface area contributed by atoms with Gasteiger partial charge in [0.15, 0.2) is 23.0 Å². The van der Waals surface area contributed by atoms with E-state index in [2.05, 4.69) is 197 Å². The maximum absolute atomic E-state index is 13.6. The van der Waals surface area contributed by atoms with Gasteiger partial charge in [0.05, 0.1) is 26.4 Å². The van der Waals surface area contributed by atoms with E-state index in [1.54, 1.807) is 0 Å². The van der Waals surface area contributed by atoms with Crippen molar-refractivity contribution in [2.24, 2.45) is 0 Å². The molecule has 4 atom stereocenters. The van der Waals surface area contributed by atoms with Crippen LogP contribution < -0.4 is 29.0 Å². The molecule has 0 amide bonds. The Morgan fingerprint density at radius 2 is 0.457 bits per heavy atom. The number of carbonyl (C=O) groups is 4. The van der Waals surface area contributed by atoms with Crippen LogP contribution >= 0.6 is 86.4 Å². The van der Waals surface area contributed by atoms with Crippen LogP contribution in [0.3, 0.4) is 0 Å². The molecule has 0 aliphatic carbocycles. The quantitative estimate of drug-likeness (QED) is 0.00663. The summed E-state index contributed by atoms with van der Waals surface area (Å²) in [6.45, 7) is 40.9. The maximum Gasteiger partial charge on any atom is 0.305 e. The van der Waals surface area contributed by atoms with Gasteiger partial charge in [0.25, 0.3) is 0 Å². The highest BCUT2D eigenvalue weighted by molar-refractivity contribution is 8.78. The lowest BCUT2D eigenvalue weighted by Gasteiger charge is -2.28. The first kappa shape index (κ1) is 113. The van der Waals surface area contributed by atoms with Crippen molar-refractivity contribution >= 4 is 110 Å². The normalized spacial score (nSPS) is 18.1. The number of ether oxygens (including phenoxy) is 8. The minimum atomic E-state index is -0.449. The predicted octanol–water partition coefficient (Wildman–Crippen LogP) is 27.4. The smallest absolute Gasteiger partial charge is 0.305 e.